The van der Waals surface area contributed by atoms with E-state index in [9.17, 15) is 19.5 Å². The second-order valence-corrected chi connectivity index (χ2v) is 12.3. The van der Waals surface area contributed by atoms with Gasteiger partial charge in [0.15, 0.2) is 0 Å². The SMILES string of the molecule is C/C=N/N1CCC(COc2ccc3c(c2)C(C(=N)NC(=O)O)(C(=O)OC(C)(C)C)N(C(=O)OC(C)(C)C)CC3)CC1. The van der Waals surface area contributed by atoms with Crippen molar-refractivity contribution in [2.75, 3.05) is 26.2 Å². The lowest BCUT2D eigenvalue weighted by atomic mass is 9.79. The Labute approximate surface area is 241 Å². The fourth-order valence-corrected chi connectivity index (χ4v) is 5.01. The third-order valence-electron chi connectivity index (χ3n) is 6.74. The molecule has 0 aliphatic carbocycles. The van der Waals surface area contributed by atoms with Crippen molar-refractivity contribution in [3.05, 3.63) is 29.3 Å². The number of rotatable bonds is 6. The van der Waals surface area contributed by atoms with Crippen molar-refractivity contribution >= 4 is 30.2 Å². The number of benzene rings is 1. The molecule has 1 unspecified atom stereocenters. The molecule has 1 atom stereocenters. The number of ether oxygens (including phenoxy) is 3. The molecule has 0 aromatic heterocycles. The number of carbonyl (C=O) groups is 3. The number of carbonyl (C=O) groups excluding carboxylic acids is 2. The van der Waals surface area contributed by atoms with Crippen LogP contribution in [0.1, 0.15) is 72.4 Å². The molecule has 0 bridgehead atoms. The zero-order valence-electron chi connectivity index (χ0n) is 25.1. The van der Waals surface area contributed by atoms with E-state index in [0.717, 1.165) is 30.8 Å². The Kier molecular flexibility index (Phi) is 9.55. The Morgan fingerprint density at radius 1 is 1.10 bits per heavy atom. The van der Waals surface area contributed by atoms with Gasteiger partial charge in [-0.1, -0.05) is 6.07 Å². The van der Waals surface area contributed by atoms with Crippen LogP contribution in [0.15, 0.2) is 23.3 Å². The normalized spacial score (nSPS) is 19.9. The van der Waals surface area contributed by atoms with Crippen molar-refractivity contribution in [2.24, 2.45) is 11.0 Å². The van der Waals surface area contributed by atoms with Gasteiger partial charge in [0.25, 0.3) is 0 Å². The number of amides is 2. The average Bonchev–Trinajstić information content (AvgIpc) is 2.85. The lowest BCUT2D eigenvalue weighted by Gasteiger charge is -2.46. The molecule has 226 valence electrons. The molecule has 2 aliphatic rings. The summed E-state index contributed by atoms with van der Waals surface area (Å²) in [7, 11) is 0. The van der Waals surface area contributed by atoms with Gasteiger partial charge in [0.05, 0.1) is 6.61 Å². The molecule has 2 aliphatic heterocycles. The molecule has 0 spiro atoms. The first-order valence-corrected chi connectivity index (χ1v) is 13.9. The number of amidine groups is 1. The van der Waals surface area contributed by atoms with E-state index in [0.29, 0.717) is 30.3 Å². The van der Waals surface area contributed by atoms with Gasteiger partial charge < -0.3 is 19.3 Å². The van der Waals surface area contributed by atoms with Gasteiger partial charge in [-0.15, -0.1) is 0 Å². The van der Waals surface area contributed by atoms with Crippen LogP contribution >= 0.6 is 0 Å². The van der Waals surface area contributed by atoms with Crippen LogP contribution in [0, 0.1) is 11.3 Å². The first kappa shape index (κ1) is 31.7. The quantitative estimate of drug-likeness (QED) is 0.258. The van der Waals surface area contributed by atoms with E-state index in [1.54, 1.807) is 66.0 Å². The molecule has 0 radical (unpaired) electrons. The summed E-state index contributed by atoms with van der Waals surface area (Å²) in [5.74, 6) is -0.987. The van der Waals surface area contributed by atoms with Crippen molar-refractivity contribution in [1.82, 2.24) is 15.2 Å². The van der Waals surface area contributed by atoms with Crippen molar-refractivity contribution in [1.29, 1.82) is 5.41 Å². The van der Waals surface area contributed by atoms with E-state index < -0.39 is 40.7 Å². The topological polar surface area (TPSA) is 154 Å². The number of piperidine rings is 1. The second-order valence-electron chi connectivity index (χ2n) is 12.3. The summed E-state index contributed by atoms with van der Waals surface area (Å²) in [5, 5.41) is 26.8. The molecule has 41 heavy (non-hydrogen) atoms. The Hall–Kier alpha value is -3.83. The molecule has 1 saturated heterocycles. The number of hydrogen-bond donors (Lipinski definition) is 3. The number of nitrogens with one attached hydrogen (secondary N) is 2. The van der Waals surface area contributed by atoms with Crippen LogP contribution in [0.3, 0.4) is 0 Å². The molecule has 12 heteroatoms. The molecular weight excluding hydrogens is 530 g/mol. The maximum absolute atomic E-state index is 14.1. The maximum Gasteiger partial charge on any atom is 0.411 e. The first-order valence-electron chi connectivity index (χ1n) is 13.9. The van der Waals surface area contributed by atoms with E-state index in [1.165, 1.54) is 0 Å². The van der Waals surface area contributed by atoms with Crippen molar-refractivity contribution in [3.8, 4) is 5.75 Å². The maximum atomic E-state index is 14.1. The highest BCUT2D eigenvalue weighted by molar-refractivity contribution is 6.15. The molecule has 2 amide bonds. The predicted molar refractivity (Wildman–Crippen MR) is 153 cm³/mol. The summed E-state index contributed by atoms with van der Waals surface area (Å²) in [6, 6.07) is 5.17. The van der Waals surface area contributed by atoms with Gasteiger partial charge in [-0.05, 0) is 91.3 Å². The molecule has 1 aromatic rings. The van der Waals surface area contributed by atoms with Gasteiger partial charge in [-0.3, -0.25) is 20.6 Å². The van der Waals surface area contributed by atoms with Gasteiger partial charge in [0, 0.05) is 31.4 Å². The summed E-state index contributed by atoms with van der Waals surface area (Å²) < 4.78 is 17.6. The standard InChI is InChI=1S/C29H43N5O7/c1-8-31-33-14-11-19(12-15-33)18-39-21-10-9-20-13-16-34(26(38)41-28(5,6)7)29(22(20)17-21,23(30)32-25(36)37)24(35)40-27(2,3)4/h8-10,17,19H,11-16,18H2,1-7H3,(H2,30,32)(H,36,37)/b31-8+. The second kappa shape index (κ2) is 12.4. The molecule has 0 saturated carbocycles. The molecule has 1 aromatic carbocycles. The zero-order chi connectivity index (χ0) is 30.6. The smallest absolute Gasteiger partial charge is 0.411 e. The van der Waals surface area contributed by atoms with Gasteiger partial charge in [-0.25, -0.2) is 14.4 Å². The summed E-state index contributed by atoms with van der Waals surface area (Å²) >= 11 is 0. The van der Waals surface area contributed by atoms with Crippen LogP contribution < -0.4 is 10.1 Å². The number of hydrogen-bond acceptors (Lipinski definition) is 9. The molecule has 12 nitrogen and oxygen atoms in total. The van der Waals surface area contributed by atoms with E-state index in [4.69, 9.17) is 19.6 Å². The first-order chi connectivity index (χ1) is 19.1. The highest BCUT2D eigenvalue weighted by Crippen LogP contribution is 2.41. The van der Waals surface area contributed by atoms with Crippen LogP contribution in [0.4, 0.5) is 9.59 Å². The van der Waals surface area contributed by atoms with Gasteiger partial charge in [-0.2, -0.15) is 5.10 Å². The summed E-state index contributed by atoms with van der Waals surface area (Å²) in [4.78, 5) is 40.5. The third-order valence-corrected chi connectivity index (χ3v) is 6.74. The molecule has 2 heterocycles. The third kappa shape index (κ3) is 7.68. The average molecular weight is 574 g/mol. The fraction of sp³-hybridized carbons (Fsp3) is 0.621. The lowest BCUT2D eigenvalue weighted by molar-refractivity contribution is -0.166. The van der Waals surface area contributed by atoms with Gasteiger partial charge in [0.1, 0.15) is 22.8 Å². The summed E-state index contributed by atoms with van der Waals surface area (Å²) in [6.45, 7) is 14.0. The molecular formula is C29H43N5O7. The monoisotopic (exact) mass is 573 g/mol. The Morgan fingerprint density at radius 3 is 2.29 bits per heavy atom. The number of fused-ring (bicyclic) bond motifs is 1. The van der Waals surface area contributed by atoms with Crippen LogP contribution in [0.2, 0.25) is 0 Å². The predicted octanol–water partition coefficient (Wildman–Crippen LogP) is 4.36. The molecule has 3 rings (SSSR count). The Morgan fingerprint density at radius 2 is 1.73 bits per heavy atom. The van der Waals surface area contributed by atoms with Crippen molar-refractivity contribution in [3.63, 3.8) is 0 Å². The number of carboxylic acid groups (broad SMARTS) is 1. The Bertz CT molecular complexity index is 1180. The van der Waals surface area contributed by atoms with E-state index in [-0.39, 0.29) is 12.1 Å². The number of esters is 1. The van der Waals surface area contributed by atoms with E-state index in [1.807, 2.05) is 17.2 Å². The summed E-state index contributed by atoms with van der Waals surface area (Å²) in [5.41, 5.74) is -3.29. The van der Waals surface area contributed by atoms with Crippen LogP contribution in [0.5, 0.6) is 5.75 Å². The molecule has 3 N–H and O–H groups in total. The van der Waals surface area contributed by atoms with Crippen LogP contribution in [-0.2, 0) is 26.2 Å². The van der Waals surface area contributed by atoms with E-state index >= 15 is 0 Å². The van der Waals surface area contributed by atoms with Gasteiger partial charge >= 0.3 is 18.2 Å². The highest BCUT2D eigenvalue weighted by atomic mass is 16.6. The largest absolute Gasteiger partial charge is 0.493 e. The number of hydrazone groups is 1. The van der Waals surface area contributed by atoms with Crippen LogP contribution in [-0.4, -0.2) is 82.7 Å². The lowest BCUT2D eigenvalue weighted by Crippen LogP contribution is -2.67. The minimum absolute atomic E-state index is 0.0101. The van der Waals surface area contributed by atoms with Crippen molar-refractivity contribution < 1.29 is 33.7 Å². The zero-order valence-corrected chi connectivity index (χ0v) is 25.1. The minimum Gasteiger partial charge on any atom is -0.493 e. The number of nitrogens with zero attached hydrogens (tertiary/aromatic N) is 3. The van der Waals surface area contributed by atoms with Gasteiger partial charge in [0.2, 0.25) is 5.54 Å². The summed E-state index contributed by atoms with van der Waals surface area (Å²) in [6.07, 6.45) is 1.50. The van der Waals surface area contributed by atoms with E-state index in [2.05, 4.69) is 5.10 Å². The fourth-order valence-electron chi connectivity index (χ4n) is 5.01. The minimum atomic E-state index is -2.26. The molecule has 1 fully saturated rings. The highest BCUT2D eigenvalue weighted by Gasteiger charge is 2.58. The van der Waals surface area contributed by atoms with Crippen molar-refractivity contribution in [2.45, 2.75) is 84.5 Å². The Balaban J connectivity index is 2.07. The van der Waals surface area contributed by atoms with Crippen LogP contribution in [0.25, 0.3) is 0 Å².